The predicted octanol–water partition coefficient (Wildman–Crippen LogP) is 1.32. The lowest BCUT2D eigenvalue weighted by molar-refractivity contribution is -0.133. The van der Waals surface area contributed by atoms with Gasteiger partial charge in [-0.25, -0.2) is 0 Å². The first kappa shape index (κ1) is 16.9. The maximum Gasteiger partial charge on any atom is 0.222 e. The first-order chi connectivity index (χ1) is 10.7. The summed E-state index contributed by atoms with van der Waals surface area (Å²) in [5.74, 6) is 0.242. The molecule has 0 aliphatic carbocycles. The molecule has 0 radical (unpaired) electrons. The average molecular weight is 305 g/mol. The number of aliphatic hydroxyl groups is 1. The molecule has 0 aromatic carbocycles. The normalized spacial score (nSPS) is 17.5. The van der Waals surface area contributed by atoms with Crippen LogP contribution in [0.3, 0.4) is 0 Å². The summed E-state index contributed by atoms with van der Waals surface area (Å²) in [6, 6.07) is 5.89. The van der Waals surface area contributed by atoms with Crippen LogP contribution in [-0.4, -0.2) is 64.6 Å². The molecule has 5 heteroatoms. The zero-order valence-corrected chi connectivity index (χ0v) is 13.4. The highest BCUT2D eigenvalue weighted by molar-refractivity contribution is 5.76. The molecule has 1 fully saturated rings. The molecule has 1 amide bonds. The first-order valence-electron chi connectivity index (χ1n) is 8.27. The van der Waals surface area contributed by atoms with Crippen LogP contribution in [0.2, 0.25) is 0 Å². The van der Waals surface area contributed by atoms with Gasteiger partial charge in [-0.2, -0.15) is 0 Å². The van der Waals surface area contributed by atoms with Gasteiger partial charge in [-0.1, -0.05) is 13.0 Å². The molecule has 1 saturated heterocycles. The number of β-amino-alcohol motifs (C(OH)–C–C–N with tert-alkyl or cyclic N) is 1. The fourth-order valence-electron chi connectivity index (χ4n) is 2.73. The number of pyridine rings is 1. The largest absolute Gasteiger partial charge is 0.392 e. The molecule has 1 aromatic rings. The Labute approximate surface area is 132 Å². The number of hydrogen-bond donors (Lipinski definition) is 1. The van der Waals surface area contributed by atoms with Crippen molar-refractivity contribution in [3.8, 4) is 0 Å². The van der Waals surface area contributed by atoms with Crippen molar-refractivity contribution in [3.63, 3.8) is 0 Å². The van der Waals surface area contributed by atoms with Crippen molar-refractivity contribution in [2.75, 3.05) is 32.7 Å². The summed E-state index contributed by atoms with van der Waals surface area (Å²) in [7, 11) is 0. The Morgan fingerprint density at radius 2 is 2.09 bits per heavy atom. The second-order valence-corrected chi connectivity index (χ2v) is 5.92. The molecule has 0 saturated carbocycles. The SMILES string of the molecule is CC[C@H](O)CN1CCN(C(=O)CCCc2ccccn2)CC1. The van der Waals surface area contributed by atoms with Gasteiger partial charge in [0.25, 0.3) is 0 Å². The minimum atomic E-state index is -0.249. The maximum atomic E-state index is 12.2. The van der Waals surface area contributed by atoms with Gasteiger partial charge < -0.3 is 10.0 Å². The minimum Gasteiger partial charge on any atom is -0.392 e. The van der Waals surface area contributed by atoms with Crippen molar-refractivity contribution < 1.29 is 9.90 Å². The zero-order chi connectivity index (χ0) is 15.8. The highest BCUT2D eigenvalue weighted by Crippen LogP contribution is 2.08. The zero-order valence-electron chi connectivity index (χ0n) is 13.4. The smallest absolute Gasteiger partial charge is 0.222 e. The lowest BCUT2D eigenvalue weighted by atomic mass is 10.1. The molecule has 1 atom stereocenters. The Balaban J connectivity index is 1.65. The first-order valence-corrected chi connectivity index (χ1v) is 8.27. The lowest BCUT2D eigenvalue weighted by Gasteiger charge is -2.35. The predicted molar refractivity (Wildman–Crippen MR) is 86.5 cm³/mol. The lowest BCUT2D eigenvalue weighted by Crippen LogP contribution is -2.50. The number of carbonyl (C=O) groups is 1. The number of piperazine rings is 1. The van der Waals surface area contributed by atoms with E-state index in [0.717, 1.165) is 57.7 Å². The third-order valence-electron chi connectivity index (χ3n) is 4.21. The van der Waals surface area contributed by atoms with Crippen molar-refractivity contribution in [1.29, 1.82) is 0 Å². The summed E-state index contributed by atoms with van der Waals surface area (Å²) in [6.07, 6.45) is 4.63. The van der Waals surface area contributed by atoms with E-state index in [1.54, 1.807) is 6.20 Å². The van der Waals surface area contributed by atoms with Crippen LogP contribution in [0.25, 0.3) is 0 Å². The molecule has 122 valence electrons. The van der Waals surface area contributed by atoms with Gasteiger partial charge in [0.2, 0.25) is 5.91 Å². The molecular formula is C17H27N3O2. The molecular weight excluding hydrogens is 278 g/mol. The van der Waals surface area contributed by atoms with Crippen LogP contribution < -0.4 is 0 Å². The third-order valence-corrected chi connectivity index (χ3v) is 4.21. The Bertz CT molecular complexity index is 444. The number of hydrogen-bond acceptors (Lipinski definition) is 4. The number of carbonyl (C=O) groups excluding carboxylic acids is 1. The quantitative estimate of drug-likeness (QED) is 0.825. The van der Waals surface area contributed by atoms with E-state index in [4.69, 9.17) is 0 Å². The van der Waals surface area contributed by atoms with Crippen LogP contribution in [0.5, 0.6) is 0 Å². The fourth-order valence-corrected chi connectivity index (χ4v) is 2.73. The maximum absolute atomic E-state index is 12.2. The Morgan fingerprint density at radius 3 is 2.73 bits per heavy atom. The molecule has 1 aromatic heterocycles. The van der Waals surface area contributed by atoms with Crippen molar-refractivity contribution in [3.05, 3.63) is 30.1 Å². The van der Waals surface area contributed by atoms with Crippen LogP contribution in [0.1, 0.15) is 31.9 Å². The van der Waals surface area contributed by atoms with E-state index >= 15 is 0 Å². The van der Waals surface area contributed by atoms with Gasteiger partial charge >= 0.3 is 0 Å². The standard InChI is InChI=1S/C17H27N3O2/c1-2-16(21)14-19-10-12-20(13-11-19)17(22)8-5-7-15-6-3-4-9-18-15/h3-4,6,9,16,21H,2,5,7-8,10-14H2,1H3/t16-/m0/s1. The van der Waals surface area contributed by atoms with E-state index < -0.39 is 0 Å². The Kier molecular flexibility index (Phi) is 6.80. The van der Waals surface area contributed by atoms with Crippen molar-refractivity contribution in [1.82, 2.24) is 14.8 Å². The minimum absolute atomic E-state index is 0.242. The van der Waals surface area contributed by atoms with Crippen LogP contribution in [0, 0.1) is 0 Å². The second kappa shape index (κ2) is 8.86. The van der Waals surface area contributed by atoms with Crippen molar-refractivity contribution in [2.24, 2.45) is 0 Å². The summed E-state index contributed by atoms with van der Waals surface area (Å²) in [5, 5.41) is 9.68. The fraction of sp³-hybridized carbons (Fsp3) is 0.647. The van der Waals surface area contributed by atoms with Crippen LogP contribution in [0.15, 0.2) is 24.4 Å². The molecule has 1 aliphatic heterocycles. The highest BCUT2D eigenvalue weighted by Gasteiger charge is 2.21. The number of aryl methyl sites for hydroxylation is 1. The molecule has 5 nitrogen and oxygen atoms in total. The van der Waals surface area contributed by atoms with Gasteiger partial charge in [0.15, 0.2) is 0 Å². The van der Waals surface area contributed by atoms with Gasteiger partial charge in [-0.15, -0.1) is 0 Å². The van der Waals surface area contributed by atoms with E-state index in [2.05, 4.69) is 9.88 Å². The van der Waals surface area contributed by atoms with E-state index in [-0.39, 0.29) is 12.0 Å². The number of nitrogens with zero attached hydrogens (tertiary/aromatic N) is 3. The number of rotatable bonds is 7. The molecule has 2 heterocycles. The van der Waals surface area contributed by atoms with Crippen molar-refractivity contribution >= 4 is 5.91 Å². The molecule has 1 aliphatic rings. The molecule has 0 spiro atoms. The van der Waals surface area contributed by atoms with E-state index in [9.17, 15) is 9.90 Å². The molecule has 0 unspecified atom stereocenters. The number of aliphatic hydroxyl groups excluding tert-OH is 1. The summed E-state index contributed by atoms with van der Waals surface area (Å²) in [5.41, 5.74) is 1.05. The average Bonchev–Trinajstić information content (AvgIpc) is 2.56. The second-order valence-electron chi connectivity index (χ2n) is 5.92. The van der Waals surface area contributed by atoms with Crippen LogP contribution >= 0.6 is 0 Å². The summed E-state index contributed by atoms with van der Waals surface area (Å²) in [6.45, 7) is 5.99. The highest BCUT2D eigenvalue weighted by atomic mass is 16.3. The van der Waals surface area contributed by atoms with Gasteiger partial charge in [0, 0.05) is 51.0 Å². The third kappa shape index (κ3) is 5.39. The summed E-state index contributed by atoms with van der Waals surface area (Å²) < 4.78 is 0. The van der Waals surface area contributed by atoms with E-state index in [1.807, 2.05) is 30.0 Å². The Morgan fingerprint density at radius 1 is 1.32 bits per heavy atom. The van der Waals surface area contributed by atoms with E-state index in [0.29, 0.717) is 6.42 Å². The van der Waals surface area contributed by atoms with Gasteiger partial charge in [0.1, 0.15) is 0 Å². The molecule has 2 rings (SSSR count). The van der Waals surface area contributed by atoms with Gasteiger partial charge in [-0.05, 0) is 31.4 Å². The molecule has 0 bridgehead atoms. The van der Waals surface area contributed by atoms with Gasteiger partial charge in [0.05, 0.1) is 6.10 Å². The van der Waals surface area contributed by atoms with Crippen LogP contribution in [0.4, 0.5) is 0 Å². The van der Waals surface area contributed by atoms with E-state index in [1.165, 1.54) is 0 Å². The Hall–Kier alpha value is -1.46. The molecule has 1 N–H and O–H groups in total. The van der Waals surface area contributed by atoms with Crippen molar-refractivity contribution in [2.45, 2.75) is 38.7 Å². The molecule has 22 heavy (non-hydrogen) atoms. The summed E-state index contributed by atoms with van der Waals surface area (Å²) in [4.78, 5) is 20.7. The summed E-state index contributed by atoms with van der Waals surface area (Å²) >= 11 is 0. The monoisotopic (exact) mass is 305 g/mol. The number of amides is 1. The topological polar surface area (TPSA) is 56.7 Å². The number of aromatic nitrogens is 1. The van der Waals surface area contributed by atoms with Gasteiger partial charge in [-0.3, -0.25) is 14.7 Å². The van der Waals surface area contributed by atoms with Crippen LogP contribution in [-0.2, 0) is 11.2 Å².